The van der Waals surface area contributed by atoms with Gasteiger partial charge in [0.2, 0.25) is 0 Å². The highest BCUT2D eigenvalue weighted by molar-refractivity contribution is 7.81. The summed E-state index contributed by atoms with van der Waals surface area (Å²) in [7, 11) is 0. The molecule has 0 bridgehead atoms. The molecule has 0 saturated heterocycles. The van der Waals surface area contributed by atoms with Crippen LogP contribution in [-0.2, 0) is 0 Å². The molecule has 0 atom stereocenters. The normalized spacial score (nSPS) is 11.5. The first-order valence-electron chi connectivity index (χ1n) is 8.17. The van der Waals surface area contributed by atoms with Crippen molar-refractivity contribution in [3.05, 3.63) is 99.8 Å². The van der Waals surface area contributed by atoms with Gasteiger partial charge in [-0.1, -0.05) is 36.0 Å². The minimum Gasteiger partial charge on any atom is -0.502 e. The minimum absolute atomic E-state index is 0.0647. The van der Waals surface area contributed by atoms with Gasteiger partial charge in [-0.25, -0.2) is 0 Å². The number of benzene rings is 2. The van der Waals surface area contributed by atoms with Gasteiger partial charge in [-0.15, -0.1) is 0 Å². The van der Waals surface area contributed by atoms with Gasteiger partial charge < -0.3 is 10.4 Å². The predicted octanol–water partition coefficient (Wildman–Crippen LogP) is 4.86. The largest absolute Gasteiger partial charge is 0.502 e. The second-order valence-corrected chi connectivity index (χ2v) is 6.59. The van der Waals surface area contributed by atoms with Crippen molar-refractivity contribution in [3.8, 4) is 0 Å². The van der Waals surface area contributed by atoms with Crippen LogP contribution in [0, 0.1) is 10.1 Å². The number of rotatable bonds is 5. The lowest BCUT2D eigenvalue weighted by Crippen LogP contribution is -2.38. The maximum Gasteiger partial charge on any atom is 0.288 e. The quantitative estimate of drug-likeness (QED) is 0.156. The zero-order chi connectivity index (χ0) is 20.1. The van der Waals surface area contributed by atoms with E-state index < -0.39 is 4.92 Å². The first-order chi connectivity index (χ1) is 13.5. The highest BCUT2D eigenvalue weighted by Crippen LogP contribution is 2.22. The van der Waals surface area contributed by atoms with Crippen LogP contribution in [0.4, 0.5) is 11.4 Å². The summed E-state index contributed by atoms with van der Waals surface area (Å²) < 4.78 is 1.66. The van der Waals surface area contributed by atoms with E-state index in [9.17, 15) is 15.2 Å². The summed E-state index contributed by atoms with van der Waals surface area (Å²) in [6.45, 7) is 0. The fourth-order valence-electron chi connectivity index (χ4n) is 2.53. The average molecular weight is 413 g/mol. The van der Waals surface area contributed by atoms with Crippen molar-refractivity contribution in [1.29, 1.82) is 0 Å². The second kappa shape index (κ2) is 8.60. The fraction of sp³-hybridized carbons (Fsp3) is 0. The highest BCUT2D eigenvalue weighted by Gasteiger charge is 2.24. The van der Waals surface area contributed by atoms with Crippen molar-refractivity contribution < 1.29 is 14.6 Å². The van der Waals surface area contributed by atoms with Gasteiger partial charge in [-0.05, 0) is 30.3 Å². The van der Waals surface area contributed by atoms with E-state index in [2.05, 4.69) is 5.32 Å². The SMILES string of the molecule is O=[N+]([O-])c1ccc(/C(O)=C(\C(=S)Nc2cccc(Cl)c2)[n+]2ccccc2)cc1. The average Bonchev–Trinajstić information content (AvgIpc) is 2.69. The smallest absolute Gasteiger partial charge is 0.288 e. The lowest BCUT2D eigenvalue weighted by Gasteiger charge is -2.10. The number of pyridine rings is 1. The Morgan fingerprint density at radius 3 is 2.36 bits per heavy atom. The molecule has 0 radical (unpaired) electrons. The van der Waals surface area contributed by atoms with Gasteiger partial charge in [0.15, 0.2) is 23.1 Å². The molecule has 0 fully saturated rings. The number of aliphatic hydroxyl groups excluding tert-OH is 1. The molecule has 0 aliphatic carbocycles. The molecule has 0 spiro atoms. The Kier molecular flexibility index (Phi) is 5.98. The van der Waals surface area contributed by atoms with Crippen molar-refractivity contribution in [3.63, 3.8) is 0 Å². The van der Waals surface area contributed by atoms with E-state index in [1.54, 1.807) is 53.4 Å². The van der Waals surface area contributed by atoms with Gasteiger partial charge in [0.05, 0.1) is 4.92 Å². The third kappa shape index (κ3) is 4.51. The number of aromatic nitrogens is 1. The lowest BCUT2D eigenvalue weighted by atomic mass is 10.1. The number of anilines is 1. The monoisotopic (exact) mass is 412 g/mol. The van der Waals surface area contributed by atoms with Crippen LogP contribution in [-0.4, -0.2) is 15.0 Å². The summed E-state index contributed by atoms with van der Waals surface area (Å²) in [5.74, 6) is -0.120. The number of nitro benzene ring substituents is 1. The van der Waals surface area contributed by atoms with E-state index >= 15 is 0 Å². The Hall–Kier alpha value is -3.29. The summed E-state index contributed by atoms with van der Waals surface area (Å²) in [6, 6.07) is 18.1. The van der Waals surface area contributed by atoms with Crippen molar-refractivity contribution in [2.45, 2.75) is 0 Å². The molecule has 3 aromatic rings. The third-order valence-electron chi connectivity index (χ3n) is 3.85. The highest BCUT2D eigenvalue weighted by atomic mass is 35.5. The van der Waals surface area contributed by atoms with Crippen LogP contribution in [0.2, 0.25) is 5.02 Å². The van der Waals surface area contributed by atoms with E-state index in [4.69, 9.17) is 23.8 Å². The zero-order valence-electron chi connectivity index (χ0n) is 14.4. The van der Waals surface area contributed by atoms with Crippen LogP contribution >= 0.6 is 23.8 Å². The van der Waals surface area contributed by atoms with Crippen molar-refractivity contribution in [2.75, 3.05) is 5.32 Å². The molecule has 0 saturated carbocycles. The Morgan fingerprint density at radius 1 is 1.07 bits per heavy atom. The molecular weight excluding hydrogens is 398 g/mol. The number of aliphatic hydroxyl groups is 1. The van der Waals surface area contributed by atoms with Crippen molar-refractivity contribution in [2.24, 2.45) is 0 Å². The summed E-state index contributed by atoms with van der Waals surface area (Å²) in [6.07, 6.45) is 3.48. The molecule has 140 valence electrons. The first kappa shape index (κ1) is 19.5. The molecule has 0 aliphatic rings. The third-order valence-corrected chi connectivity index (χ3v) is 4.38. The molecule has 6 nitrogen and oxygen atoms in total. The Balaban J connectivity index is 2.04. The maximum absolute atomic E-state index is 10.9. The Labute approximate surface area is 171 Å². The number of nitrogens with one attached hydrogen (secondary N) is 1. The molecular formula is C20H15ClN3O3S+. The number of thiocarbonyl (C=S) groups is 1. The summed E-state index contributed by atoms with van der Waals surface area (Å²) >= 11 is 11.5. The molecule has 28 heavy (non-hydrogen) atoms. The predicted molar refractivity (Wildman–Crippen MR) is 113 cm³/mol. The summed E-state index contributed by atoms with van der Waals surface area (Å²) in [5, 5.41) is 25.4. The Morgan fingerprint density at radius 2 is 1.75 bits per heavy atom. The molecule has 1 aromatic heterocycles. The van der Waals surface area contributed by atoms with Gasteiger partial charge in [-0.2, -0.15) is 4.57 Å². The van der Waals surface area contributed by atoms with Crippen LogP contribution in [0.15, 0.2) is 79.1 Å². The van der Waals surface area contributed by atoms with Crippen LogP contribution < -0.4 is 9.88 Å². The maximum atomic E-state index is 10.9. The number of halogens is 1. The van der Waals surface area contributed by atoms with E-state index in [1.165, 1.54) is 24.3 Å². The molecule has 3 rings (SSSR count). The topological polar surface area (TPSA) is 79.3 Å². The van der Waals surface area contributed by atoms with Gasteiger partial charge in [0, 0.05) is 40.5 Å². The molecule has 2 N–H and O–H groups in total. The number of nitrogens with zero attached hydrogens (tertiary/aromatic N) is 2. The molecule has 1 heterocycles. The van der Waals surface area contributed by atoms with E-state index in [0.29, 0.717) is 22.0 Å². The van der Waals surface area contributed by atoms with E-state index in [0.717, 1.165) is 0 Å². The van der Waals surface area contributed by atoms with Gasteiger partial charge >= 0.3 is 0 Å². The van der Waals surface area contributed by atoms with Crippen LogP contribution in [0.3, 0.4) is 0 Å². The van der Waals surface area contributed by atoms with Gasteiger partial charge in [0.25, 0.3) is 11.4 Å². The van der Waals surface area contributed by atoms with Crippen LogP contribution in [0.1, 0.15) is 5.56 Å². The number of hydrogen-bond acceptors (Lipinski definition) is 4. The van der Waals surface area contributed by atoms with Crippen molar-refractivity contribution >= 4 is 51.6 Å². The van der Waals surface area contributed by atoms with E-state index in [-0.39, 0.29) is 16.4 Å². The molecule has 0 amide bonds. The lowest BCUT2D eigenvalue weighted by molar-refractivity contribution is -0.575. The Bertz CT molecular complexity index is 1050. The summed E-state index contributed by atoms with van der Waals surface area (Å²) in [5.41, 5.74) is 1.32. The van der Waals surface area contributed by atoms with Crippen LogP contribution in [0.5, 0.6) is 0 Å². The first-order valence-corrected chi connectivity index (χ1v) is 8.96. The molecule has 2 aromatic carbocycles. The van der Waals surface area contributed by atoms with E-state index in [1.807, 2.05) is 6.07 Å². The molecule has 0 unspecified atom stereocenters. The molecule has 0 aliphatic heterocycles. The number of nitro groups is 1. The minimum atomic E-state index is -0.497. The standard InChI is InChI=1S/C20H14ClN3O3S/c21-15-5-4-6-16(13-15)22-20(28)18(23-11-2-1-3-12-23)19(25)14-7-9-17(10-8-14)24(26)27/h1-13H,(H-,22,25,28)/p+1. The summed E-state index contributed by atoms with van der Waals surface area (Å²) in [4.78, 5) is 10.6. The van der Waals surface area contributed by atoms with Crippen LogP contribution in [0.25, 0.3) is 11.5 Å². The van der Waals surface area contributed by atoms with Gasteiger partial charge in [0.1, 0.15) is 0 Å². The zero-order valence-corrected chi connectivity index (χ0v) is 16.0. The number of hydrogen-bond donors (Lipinski definition) is 2. The van der Waals surface area contributed by atoms with Gasteiger partial charge in [-0.3, -0.25) is 10.1 Å². The van der Waals surface area contributed by atoms with Crippen molar-refractivity contribution in [1.82, 2.24) is 0 Å². The molecule has 8 heteroatoms. The second-order valence-electron chi connectivity index (χ2n) is 5.75. The fourth-order valence-corrected chi connectivity index (χ4v) is 3.04. The number of non-ortho nitro benzene ring substituents is 1.